The Labute approximate surface area is 158 Å². The van der Waals surface area contributed by atoms with Crippen LogP contribution in [0.25, 0.3) is 0 Å². The van der Waals surface area contributed by atoms with E-state index in [0.29, 0.717) is 12.5 Å². The van der Waals surface area contributed by atoms with Gasteiger partial charge in [0.2, 0.25) is 0 Å². The summed E-state index contributed by atoms with van der Waals surface area (Å²) in [7, 11) is 0. The second-order valence-electron chi connectivity index (χ2n) is 5.66. The molecule has 0 aromatic heterocycles. The van der Waals surface area contributed by atoms with Gasteiger partial charge in [0.05, 0.1) is 0 Å². The third-order valence-electron chi connectivity index (χ3n) is 3.23. The Morgan fingerprint density at radius 1 is 1.13 bits per heavy atom. The van der Waals surface area contributed by atoms with Gasteiger partial charge in [0.1, 0.15) is 12.4 Å². The lowest BCUT2D eigenvalue weighted by molar-refractivity contribution is 0.302. The Hall–Kier alpha value is -0.740. The number of hydrogen-bond donors (Lipinski definition) is 1. The SMILES string of the molecule is CC(C)CNCc1cc(Br)ccc1OCc1ccccc1Cl.Cl. The highest BCUT2D eigenvalue weighted by atomic mass is 79.9. The molecule has 5 heteroatoms. The minimum absolute atomic E-state index is 0. The van der Waals surface area contributed by atoms with E-state index in [4.69, 9.17) is 16.3 Å². The Bertz CT molecular complexity index is 620. The summed E-state index contributed by atoms with van der Waals surface area (Å²) in [6.45, 7) is 6.63. The lowest BCUT2D eigenvalue weighted by Gasteiger charge is -2.14. The summed E-state index contributed by atoms with van der Waals surface area (Å²) in [5, 5.41) is 4.19. The van der Waals surface area contributed by atoms with Crippen molar-refractivity contribution >= 4 is 39.9 Å². The molecule has 0 spiro atoms. The molecule has 0 heterocycles. The fraction of sp³-hybridized carbons (Fsp3) is 0.333. The largest absolute Gasteiger partial charge is 0.489 e. The summed E-state index contributed by atoms with van der Waals surface area (Å²) in [4.78, 5) is 0. The van der Waals surface area contributed by atoms with Crippen LogP contribution >= 0.6 is 39.9 Å². The van der Waals surface area contributed by atoms with E-state index in [1.165, 1.54) is 0 Å². The van der Waals surface area contributed by atoms with Crippen LogP contribution < -0.4 is 10.1 Å². The van der Waals surface area contributed by atoms with E-state index in [9.17, 15) is 0 Å². The first-order valence-corrected chi connectivity index (χ1v) is 8.58. The van der Waals surface area contributed by atoms with Crippen molar-refractivity contribution in [1.82, 2.24) is 5.32 Å². The number of halogens is 3. The summed E-state index contributed by atoms with van der Waals surface area (Å²) in [6.07, 6.45) is 0. The maximum Gasteiger partial charge on any atom is 0.124 e. The van der Waals surface area contributed by atoms with Gasteiger partial charge < -0.3 is 10.1 Å². The van der Waals surface area contributed by atoms with Crippen LogP contribution in [0, 0.1) is 5.92 Å². The van der Waals surface area contributed by atoms with Crippen molar-refractivity contribution in [3.8, 4) is 5.75 Å². The van der Waals surface area contributed by atoms with Crippen LogP contribution in [0.2, 0.25) is 5.02 Å². The molecule has 23 heavy (non-hydrogen) atoms. The molecule has 0 unspecified atom stereocenters. The Morgan fingerprint density at radius 3 is 2.57 bits per heavy atom. The predicted molar refractivity (Wildman–Crippen MR) is 104 cm³/mol. The van der Waals surface area contributed by atoms with Gasteiger partial charge in [-0.3, -0.25) is 0 Å². The van der Waals surface area contributed by atoms with Crippen molar-refractivity contribution in [2.24, 2.45) is 5.92 Å². The van der Waals surface area contributed by atoms with E-state index in [-0.39, 0.29) is 12.4 Å². The normalized spacial score (nSPS) is 10.5. The molecule has 1 N–H and O–H groups in total. The monoisotopic (exact) mass is 417 g/mol. The van der Waals surface area contributed by atoms with E-state index < -0.39 is 0 Å². The summed E-state index contributed by atoms with van der Waals surface area (Å²) in [6, 6.07) is 13.8. The zero-order valence-electron chi connectivity index (χ0n) is 13.3. The standard InChI is InChI=1S/C18H21BrClNO.ClH/c1-13(2)10-21-11-15-9-16(19)7-8-18(15)22-12-14-5-3-4-6-17(14)20;/h3-9,13,21H,10-12H2,1-2H3;1H. The fourth-order valence-corrected chi connectivity index (χ4v) is 2.69. The van der Waals surface area contributed by atoms with Gasteiger partial charge in [0.15, 0.2) is 0 Å². The molecule has 2 aromatic carbocycles. The van der Waals surface area contributed by atoms with Crippen molar-refractivity contribution < 1.29 is 4.74 Å². The molecule has 0 fully saturated rings. The minimum Gasteiger partial charge on any atom is -0.489 e. The van der Waals surface area contributed by atoms with Crippen LogP contribution in [-0.4, -0.2) is 6.54 Å². The van der Waals surface area contributed by atoms with Crippen molar-refractivity contribution in [2.45, 2.75) is 27.0 Å². The number of benzene rings is 2. The summed E-state index contributed by atoms with van der Waals surface area (Å²) in [5.74, 6) is 1.51. The first kappa shape index (κ1) is 20.3. The quantitative estimate of drug-likeness (QED) is 0.608. The zero-order valence-corrected chi connectivity index (χ0v) is 16.5. The molecule has 2 rings (SSSR count). The van der Waals surface area contributed by atoms with E-state index in [1.54, 1.807) is 0 Å². The second-order valence-corrected chi connectivity index (χ2v) is 6.98. The maximum absolute atomic E-state index is 6.17. The van der Waals surface area contributed by atoms with E-state index >= 15 is 0 Å². The molecule has 0 aliphatic rings. The Kier molecular flexibility index (Phi) is 9.00. The summed E-state index contributed by atoms with van der Waals surface area (Å²) >= 11 is 9.69. The van der Waals surface area contributed by atoms with Crippen LogP contribution in [0.5, 0.6) is 5.75 Å². The van der Waals surface area contributed by atoms with Crippen LogP contribution in [0.3, 0.4) is 0 Å². The Balaban J connectivity index is 0.00000264. The first-order valence-electron chi connectivity index (χ1n) is 7.41. The molecular weight excluding hydrogens is 397 g/mol. The molecule has 0 saturated heterocycles. The van der Waals surface area contributed by atoms with Crippen molar-refractivity contribution in [2.75, 3.05) is 6.54 Å². The summed E-state index contributed by atoms with van der Waals surface area (Å²) in [5.41, 5.74) is 2.13. The molecule has 0 amide bonds. The van der Waals surface area contributed by atoms with Gasteiger partial charge in [-0.25, -0.2) is 0 Å². The topological polar surface area (TPSA) is 21.3 Å². The molecular formula is C18H22BrCl2NO. The van der Waals surface area contributed by atoms with Crippen molar-refractivity contribution in [3.63, 3.8) is 0 Å². The second kappa shape index (κ2) is 10.2. The highest BCUT2D eigenvalue weighted by Gasteiger charge is 2.07. The van der Waals surface area contributed by atoms with Gasteiger partial charge in [0, 0.05) is 27.2 Å². The Morgan fingerprint density at radius 2 is 1.87 bits per heavy atom. The average Bonchev–Trinajstić information content (AvgIpc) is 2.47. The fourth-order valence-electron chi connectivity index (χ4n) is 2.09. The first-order chi connectivity index (χ1) is 10.6. The molecule has 0 aliphatic heterocycles. The highest BCUT2D eigenvalue weighted by Crippen LogP contribution is 2.25. The zero-order chi connectivity index (χ0) is 15.9. The lowest BCUT2D eigenvalue weighted by Crippen LogP contribution is -2.19. The van der Waals surface area contributed by atoms with E-state index in [0.717, 1.165) is 39.5 Å². The lowest BCUT2D eigenvalue weighted by atomic mass is 10.1. The maximum atomic E-state index is 6.17. The van der Waals surface area contributed by atoms with Gasteiger partial charge in [-0.1, -0.05) is 59.6 Å². The predicted octanol–water partition coefficient (Wildman–Crippen LogP) is 5.85. The number of hydrogen-bond acceptors (Lipinski definition) is 2. The van der Waals surface area contributed by atoms with Gasteiger partial charge in [0.25, 0.3) is 0 Å². The number of rotatable bonds is 7. The van der Waals surface area contributed by atoms with Gasteiger partial charge in [-0.15, -0.1) is 12.4 Å². The van der Waals surface area contributed by atoms with Gasteiger partial charge in [-0.2, -0.15) is 0 Å². The smallest absolute Gasteiger partial charge is 0.124 e. The third kappa shape index (κ3) is 6.72. The van der Waals surface area contributed by atoms with Crippen molar-refractivity contribution in [1.29, 1.82) is 0 Å². The summed E-state index contributed by atoms with van der Waals surface area (Å²) < 4.78 is 7.03. The van der Waals surface area contributed by atoms with Crippen LogP contribution in [0.15, 0.2) is 46.9 Å². The minimum atomic E-state index is 0. The molecule has 0 aliphatic carbocycles. The average molecular weight is 419 g/mol. The molecule has 0 saturated carbocycles. The highest BCUT2D eigenvalue weighted by molar-refractivity contribution is 9.10. The van der Waals surface area contributed by atoms with E-state index in [2.05, 4.69) is 41.2 Å². The van der Waals surface area contributed by atoms with E-state index in [1.807, 2.05) is 36.4 Å². The molecule has 2 nitrogen and oxygen atoms in total. The molecule has 126 valence electrons. The third-order valence-corrected chi connectivity index (χ3v) is 4.09. The molecule has 2 aromatic rings. The molecule has 0 atom stereocenters. The van der Waals surface area contributed by atoms with Crippen LogP contribution in [0.4, 0.5) is 0 Å². The van der Waals surface area contributed by atoms with Crippen LogP contribution in [0.1, 0.15) is 25.0 Å². The van der Waals surface area contributed by atoms with Gasteiger partial charge in [-0.05, 0) is 36.7 Å². The van der Waals surface area contributed by atoms with Crippen molar-refractivity contribution in [3.05, 3.63) is 63.1 Å². The number of ether oxygens (including phenoxy) is 1. The number of nitrogens with one attached hydrogen (secondary N) is 1. The van der Waals surface area contributed by atoms with Gasteiger partial charge >= 0.3 is 0 Å². The van der Waals surface area contributed by atoms with Crippen LogP contribution in [-0.2, 0) is 13.2 Å². The molecule has 0 bridgehead atoms. The molecule has 0 radical (unpaired) electrons.